The molecule has 0 saturated heterocycles. The molecule has 2 aliphatic carbocycles. The fourth-order valence-electron chi connectivity index (χ4n) is 7.16. The molecule has 200 valence electrons. The lowest BCUT2D eigenvalue weighted by molar-refractivity contribution is 0.782. The Bertz CT molecular complexity index is 1220. The first-order chi connectivity index (χ1) is 17.1. The maximum Gasteiger partial charge on any atom is 0.0923 e. The monoisotopic (exact) mass is 552 g/mol. The van der Waals surface area contributed by atoms with E-state index >= 15 is 0 Å². The second-order valence-corrected chi connectivity index (χ2v) is 17.5. The first-order valence-electron chi connectivity index (χ1n) is 14.2. The highest BCUT2D eigenvalue weighted by Crippen LogP contribution is 2.59. The number of halogens is 2. The summed E-state index contributed by atoms with van der Waals surface area (Å²) in [5, 5.41) is 0. The number of hydrogen-bond acceptors (Lipinski definition) is 0. The molecular formula is C34H46Cl2Si. The highest BCUT2D eigenvalue weighted by atomic mass is 35.5. The summed E-state index contributed by atoms with van der Waals surface area (Å²) in [7, 11) is -1.13. The van der Waals surface area contributed by atoms with E-state index in [-0.39, 0.29) is 0 Å². The average molecular weight is 554 g/mol. The van der Waals surface area contributed by atoms with Crippen LogP contribution in [0.4, 0.5) is 0 Å². The van der Waals surface area contributed by atoms with Crippen molar-refractivity contribution in [3.05, 3.63) is 79.9 Å². The molecule has 0 radical (unpaired) electrons. The van der Waals surface area contributed by atoms with E-state index in [2.05, 4.69) is 107 Å². The van der Waals surface area contributed by atoms with Crippen molar-refractivity contribution in [2.75, 3.05) is 0 Å². The number of benzene rings is 2. The van der Waals surface area contributed by atoms with E-state index < -0.39 is 18.5 Å². The Labute approximate surface area is 238 Å². The summed E-state index contributed by atoms with van der Waals surface area (Å²) in [4.78, 5) is 0. The van der Waals surface area contributed by atoms with Crippen molar-refractivity contribution in [2.24, 2.45) is 0 Å². The minimum atomic E-state index is -1.13. The van der Waals surface area contributed by atoms with Crippen molar-refractivity contribution in [2.45, 2.75) is 116 Å². The van der Waals surface area contributed by atoms with E-state index in [0.717, 1.165) is 0 Å². The van der Waals surface area contributed by atoms with Gasteiger partial charge in [0.2, 0.25) is 0 Å². The molecule has 2 unspecified atom stereocenters. The molecule has 0 bridgehead atoms. The molecule has 0 aliphatic heterocycles. The summed E-state index contributed by atoms with van der Waals surface area (Å²) in [5.41, 5.74) is 16.6. The van der Waals surface area contributed by atoms with Gasteiger partial charge >= 0.3 is 0 Å². The molecule has 37 heavy (non-hydrogen) atoms. The number of alkyl halides is 2. The largest absolute Gasteiger partial charge is 0.114 e. The molecule has 0 saturated carbocycles. The van der Waals surface area contributed by atoms with Crippen LogP contribution < -0.4 is 0 Å². The van der Waals surface area contributed by atoms with Crippen molar-refractivity contribution in [3.8, 4) is 0 Å². The summed E-state index contributed by atoms with van der Waals surface area (Å²) >= 11 is 15.8. The Morgan fingerprint density at radius 1 is 0.541 bits per heavy atom. The third kappa shape index (κ3) is 4.14. The van der Waals surface area contributed by atoms with Crippen LogP contribution >= 0.6 is 23.2 Å². The van der Waals surface area contributed by atoms with Gasteiger partial charge in [0, 0.05) is 0 Å². The highest BCUT2D eigenvalue weighted by Gasteiger charge is 2.52. The number of rotatable bonds is 6. The van der Waals surface area contributed by atoms with Crippen molar-refractivity contribution in [1.29, 1.82) is 0 Å². The lowest BCUT2D eigenvalue weighted by Crippen LogP contribution is -2.40. The van der Waals surface area contributed by atoms with E-state index in [4.69, 9.17) is 23.2 Å². The van der Waals surface area contributed by atoms with Crippen LogP contribution in [0.25, 0.3) is 11.1 Å². The van der Waals surface area contributed by atoms with Crippen molar-refractivity contribution in [3.63, 3.8) is 0 Å². The molecule has 0 spiro atoms. The van der Waals surface area contributed by atoms with Gasteiger partial charge in [-0.1, -0.05) is 79.7 Å². The van der Waals surface area contributed by atoms with Crippen LogP contribution in [0.1, 0.15) is 151 Å². The number of fused-ring (bicyclic) bond motifs is 2. The van der Waals surface area contributed by atoms with Gasteiger partial charge < -0.3 is 0 Å². The summed E-state index contributed by atoms with van der Waals surface area (Å²) in [6, 6.07) is 9.36. The Morgan fingerprint density at radius 2 is 0.865 bits per heavy atom. The second-order valence-electron chi connectivity index (χ2n) is 12.9. The summed E-state index contributed by atoms with van der Waals surface area (Å²) in [6.07, 6.45) is 0. The van der Waals surface area contributed by atoms with Crippen molar-refractivity contribution < 1.29 is 0 Å². The standard InChI is InChI=1S/C34H46Cl2Si/c1-17(2)25-13-15-27-31(29(25)19(5)6)21(9)23(11)33(27,35)37-34(36)24(12)22(10)32-28(34)16-14-26(18(3)4)30(32)20(7)8/h13-20H,37H2,1-12H3. The van der Waals surface area contributed by atoms with Crippen LogP contribution in [0.5, 0.6) is 0 Å². The number of hydrogen-bond donors (Lipinski definition) is 0. The summed E-state index contributed by atoms with van der Waals surface area (Å²) < 4.78 is -1.00. The molecule has 2 atom stereocenters. The van der Waals surface area contributed by atoms with E-state index in [1.54, 1.807) is 0 Å². The molecule has 2 aromatic rings. The predicted molar refractivity (Wildman–Crippen MR) is 169 cm³/mol. The first-order valence-corrected chi connectivity index (χ1v) is 16.4. The molecule has 0 heterocycles. The normalized spacial score (nSPS) is 23.7. The van der Waals surface area contributed by atoms with Crippen molar-refractivity contribution >= 4 is 43.9 Å². The van der Waals surface area contributed by atoms with Crippen molar-refractivity contribution in [1.82, 2.24) is 0 Å². The lowest BCUT2D eigenvalue weighted by atomic mass is 9.84. The fourth-order valence-corrected chi connectivity index (χ4v) is 11.9. The van der Waals surface area contributed by atoms with Crippen LogP contribution in [-0.2, 0) is 8.99 Å². The van der Waals surface area contributed by atoms with Gasteiger partial charge in [0.05, 0.1) is 18.5 Å². The Morgan fingerprint density at radius 3 is 1.14 bits per heavy atom. The molecule has 0 amide bonds. The Hall–Kier alpha value is -1.28. The van der Waals surface area contributed by atoms with Gasteiger partial charge in [0.1, 0.15) is 0 Å². The van der Waals surface area contributed by atoms with Gasteiger partial charge in [-0.3, -0.25) is 0 Å². The van der Waals surface area contributed by atoms with Crippen LogP contribution in [0, 0.1) is 0 Å². The lowest BCUT2D eigenvalue weighted by Gasteiger charge is -2.36. The zero-order chi connectivity index (χ0) is 27.8. The molecule has 0 N–H and O–H groups in total. The van der Waals surface area contributed by atoms with Gasteiger partial charge in [-0.25, -0.2) is 0 Å². The Balaban J connectivity index is 1.95. The highest BCUT2D eigenvalue weighted by molar-refractivity contribution is 6.70. The van der Waals surface area contributed by atoms with Gasteiger partial charge in [-0.05, 0) is 118 Å². The minimum Gasteiger partial charge on any atom is -0.114 e. The van der Waals surface area contributed by atoms with Crippen LogP contribution in [-0.4, -0.2) is 9.52 Å². The van der Waals surface area contributed by atoms with E-state index in [1.807, 2.05) is 0 Å². The maximum atomic E-state index is 7.89. The summed E-state index contributed by atoms with van der Waals surface area (Å²) in [6.45, 7) is 27.6. The fraction of sp³-hybridized carbons (Fsp3) is 0.529. The molecule has 0 nitrogen and oxygen atoms in total. The third-order valence-electron chi connectivity index (χ3n) is 9.36. The van der Waals surface area contributed by atoms with Crippen LogP contribution in [0.3, 0.4) is 0 Å². The zero-order valence-electron chi connectivity index (χ0n) is 25.1. The van der Waals surface area contributed by atoms with Crippen LogP contribution in [0.15, 0.2) is 35.4 Å². The zero-order valence-corrected chi connectivity index (χ0v) is 28.0. The minimum absolute atomic E-state index is 0.444. The van der Waals surface area contributed by atoms with Gasteiger partial charge in [0.15, 0.2) is 0 Å². The maximum absolute atomic E-state index is 7.89. The molecule has 0 fully saturated rings. The topological polar surface area (TPSA) is 0 Å². The Kier molecular flexibility index (Phi) is 7.55. The summed E-state index contributed by atoms with van der Waals surface area (Å²) in [5.74, 6) is 1.86. The molecule has 2 aromatic carbocycles. The van der Waals surface area contributed by atoms with Crippen LogP contribution in [0.2, 0.25) is 0 Å². The molecule has 3 heteroatoms. The van der Waals surface area contributed by atoms with E-state index in [1.165, 1.54) is 66.8 Å². The third-order valence-corrected chi connectivity index (χ3v) is 13.9. The average Bonchev–Trinajstić information content (AvgIpc) is 3.13. The predicted octanol–water partition coefficient (Wildman–Crippen LogP) is 10.4. The van der Waals surface area contributed by atoms with Gasteiger partial charge in [0.25, 0.3) is 0 Å². The SMILES string of the molecule is CC1=C(C)C(Cl)([SiH2]C2(Cl)C(C)=C(C)c3c2ccc(C(C)C)c3C(C)C)c2ccc(C(C)C)c(C(C)C)c21. The van der Waals surface area contributed by atoms with E-state index in [9.17, 15) is 0 Å². The van der Waals surface area contributed by atoms with E-state index in [0.29, 0.717) is 23.7 Å². The molecule has 0 aromatic heterocycles. The first kappa shape index (κ1) is 28.7. The van der Waals surface area contributed by atoms with Gasteiger partial charge in [-0.15, -0.1) is 23.2 Å². The smallest absolute Gasteiger partial charge is 0.0923 e. The molecule has 2 aliphatic rings. The molecular weight excluding hydrogens is 507 g/mol. The quantitative estimate of drug-likeness (QED) is 0.247. The second kappa shape index (κ2) is 9.72. The van der Waals surface area contributed by atoms with Gasteiger partial charge in [-0.2, -0.15) is 0 Å². The number of allylic oxidation sites excluding steroid dienone is 4. The molecule has 4 rings (SSSR count).